The molecule has 1 rings (SSSR count). The number of nitriles is 1. The summed E-state index contributed by atoms with van der Waals surface area (Å²) in [6, 6.07) is 6.62. The van der Waals surface area contributed by atoms with Crippen molar-refractivity contribution >= 4 is 0 Å². The maximum Gasteiger partial charge on any atom is 0.124 e. The largest absolute Gasteiger partial charge is 0.507 e. The maximum atomic E-state index is 9.68. The van der Waals surface area contributed by atoms with Gasteiger partial charge in [0.25, 0.3) is 0 Å². The van der Waals surface area contributed by atoms with Crippen molar-refractivity contribution < 1.29 is 10.2 Å². The van der Waals surface area contributed by atoms with Crippen molar-refractivity contribution in [2.24, 2.45) is 5.41 Å². The second-order valence-electron chi connectivity index (χ2n) is 4.81. The van der Waals surface area contributed by atoms with Gasteiger partial charge in [-0.05, 0) is 32.9 Å². The average molecular weight is 234 g/mol. The fourth-order valence-corrected chi connectivity index (χ4v) is 1.53. The first kappa shape index (κ1) is 13.3. The Kier molecular flexibility index (Phi) is 3.97. The smallest absolute Gasteiger partial charge is 0.124 e. The van der Waals surface area contributed by atoms with E-state index in [0.29, 0.717) is 12.1 Å². The summed E-state index contributed by atoms with van der Waals surface area (Å²) in [5.41, 5.74) is -0.0184. The van der Waals surface area contributed by atoms with Crippen molar-refractivity contribution in [1.29, 1.82) is 5.26 Å². The molecule has 92 valence electrons. The third-order valence-corrected chi connectivity index (χ3v) is 2.65. The topological polar surface area (TPSA) is 76.3 Å². The molecule has 4 nitrogen and oxygen atoms in total. The first-order valence-corrected chi connectivity index (χ1v) is 5.53. The van der Waals surface area contributed by atoms with Gasteiger partial charge >= 0.3 is 0 Å². The Bertz CT molecular complexity index is 415. The van der Waals surface area contributed by atoms with E-state index in [1.807, 2.05) is 20.8 Å². The molecule has 1 aromatic rings. The molecule has 0 aromatic heterocycles. The lowest BCUT2D eigenvalue weighted by Crippen LogP contribution is -2.30. The summed E-state index contributed by atoms with van der Waals surface area (Å²) in [5, 5.41) is 31.4. The van der Waals surface area contributed by atoms with Gasteiger partial charge in [-0.15, -0.1) is 0 Å². The van der Waals surface area contributed by atoms with Gasteiger partial charge in [0.1, 0.15) is 11.5 Å². The Morgan fingerprint density at radius 2 is 1.88 bits per heavy atom. The van der Waals surface area contributed by atoms with E-state index in [0.717, 1.165) is 0 Å². The molecule has 17 heavy (non-hydrogen) atoms. The van der Waals surface area contributed by atoms with Gasteiger partial charge < -0.3 is 15.5 Å². The van der Waals surface area contributed by atoms with Crippen LogP contribution in [0.25, 0.3) is 0 Å². The van der Waals surface area contributed by atoms with Crippen LogP contribution in [0, 0.1) is 16.7 Å². The molecule has 0 bridgehead atoms. The van der Waals surface area contributed by atoms with Gasteiger partial charge in [0.05, 0.1) is 17.0 Å². The number of nitrogens with zero attached hydrogens (tertiary/aromatic N) is 1. The highest BCUT2D eigenvalue weighted by Gasteiger charge is 2.20. The predicted molar refractivity (Wildman–Crippen MR) is 65.6 cm³/mol. The van der Waals surface area contributed by atoms with Gasteiger partial charge in [-0.25, -0.2) is 0 Å². The Hall–Kier alpha value is -1.73. The number of rotatable bonds is 4. The quantitative estimate of drug-likeness (QED) is 0.747. The maximum absolute atomic E-state index is 9.68. The summed E-state index contributed by atoms with van der Waals surface area (Å²) in [6.07, 6.45) is 0. The van der Waals surface area contributed by atoms with Gasteiger partial charge in [0, 0.05) is 12.6 Å². The first-order chi connectivity index (χ1) is 7.87. The molecule has 0 amide bonds. The number of phenols is 2. The van der Waals surface area contributed by atoms with E-state index < -0.39 is 5.41 Å². The van der Waals surface area contributed by atoms with Crippen molar-refractivity contribution in [2.75, 3.05) is 6.54 Å². The molecule has 0 aliphatic heterocycles. The minimum absolute atomic E-state index is 0.0553. The Balaban J connectivity index is 2.78. The summed E-state index contributed by atoms with van der Waals surface area (Å²) < 4.78 is 0. The Labute approximate surface area is 102 Å². The van der Waals surface area contributed by atoms with E-state index in [1.165, 1.54) is 12.1 Å². The fourth-order valence-electron chi connectivity index (χ4n) is 1.53. The number of hydrogen-bond acceptors (Lipinski definition) is 4. The molecule has 0 saturated heterocycles. The Morgan fingerprint density at radius 1 is 1.35 bits per heavy atom. The summed E-state index contributed by atoms with van der Waals surface area (Å²) in [5.74, 6) is 0.111. The summed E-state index contributed by atoms with van der Waals surface area (Å²) in [4.78, 5) is 0. The number of aromatic hydroxyl groups is 2. The molecule has 0 radical (unpaired) electrons. The van der Waals surface area contributed by atoms with Crippen LogP contribution in [0.2, 0.25) is 0 Å². The van der Waals surface area contributed by atoms with Gasteiger partial charge in [-0.3, -0.25) is 0 Å². The summed E-state index contributed by atoms with van der Waals surface area (Å²) in [6.45, 7) is 5.98. The van der Waals surface area contributed by atoms with Crippen molar-refractivity contribution in [3.05, 3.63) is 23.8 Å². The monoisotopic (exact) mass is 234 g/mol. The van der Waals surface area contributed by atoms with Crippen LogP contribution in [0.5, 0.6) is 11.5 Å². The molecule has 0 fully saturated rings. The second kappa shape index (κ2) is 5.07. The van der Waals surface area contributed by atoms with Crippen molar-refractivity contribution in [3.63, 3.8) is 0 Å². The van der Waals surface area contributed by atoms with E-state index in [-0.39, 0.29) is 17.5 Å². The van der Waals surface area contributed by atoms with Crippen LogP contribution in [0.1, 0.15) is 32.4 Å². The highest BCUT2D eigenvalue weighted by molar-refractivity contribution is 5.44. The van der Waals surface area contributed by atoms with E-state index >= 15 is 0 Å². The second-order valence-corrected chi connectivity index (χ2v) is 4.81. The molecular formula is C13H18N2O2. The van der Waals surface area contributed by atoms with Gasteiger partial charge in [0.2, 0.25) is 0 Å². The third-order valence-electron chi connectivity index (χ3n) is 2.65. The van der Waals surface area contributed by atoms with Gasteiger partial charge in [0.15, 0.2) is 0 Å². The van der Waals surface area contributed by atoms with Crippen LogP contribution in [-0.2, 0) is 0 Å². The molecule has 0 spiro atoms. The molecule has 0 aliphatic carbocycles. The average Bonchev–Trinajstić information content (AvgIpc) is 2.26. The minimum atomic E-state index is -0.478. The number of benzene rings is 1. The van der Waals surface area contributed by atoms with Crippen molar-refractivity contribution in [1.82, 2.24) is 5.32 Å². The standard InChI is InChI=1S/C13H18N2O2/c1-9(15-8-13(2,3)7-14)12-10(16)5-4-6-11(12)17/h4-6,9,15-17H,8H2,1-3H3. The highest BCUT2D eigenvalue weighted by atomic mass is 16.3. The molecular weight excluding hydrogens is 216 g/mol. The van der Waals surface area contributed by atoms with Crippen molar-refractivity contribution in [3.8, 4) is 17.6 Å². The fraction of sp³-hybridized carbons (Fsp3) is 0.462. The summed E-state index contributed by atoms with van der Waals surface area (Å²) in [7, 11) is 0. The van der Waals surface area contributed by atoms with Crippen LogP contribution in [0.15, 0.2) is 18.2 Å². The lowest BCUT2D eigenvalue weighted by Gasteiger charge is -2.21. The van der Waals surface area contributed by atoms with E-state index in [2.05, 4.69) is 11.4 Å². The molecule has 0 heterocycles. The molecule has 1 aromatic carbocycles. The highest BCUT2D eigenvalue weighted by Crippen LogP contribution is 2.32. The molecule has 1 unspecified atom stereocenters. The van der Waals surface area contributed by atoms with Crippen LogP contribution in [0.3, 0.4) is 0 Å². The number of phenolic OH excluding ortho intramolecular Hbond substituents is 2. The minimum Gasteiger partial charge on any atom is -0.507 e. The molecule has 4 heteroatoms. The number of hydrogen-bond donors (Lipinski definition) is 3. The predicted octanol–water partition coefficient (Wildman–Crippen LogP) is 2.30. The SMILES string of the molecule is CC(NCC(C)(C)C#N)c1c(O)cccc1O. The normalized spacial score (nSPS) is 13.1. The van der Waals surface area contributed by atoms with E-state index in [1.54, 1.807) is 6.07 Å². The van der Waals surface area contributed by atoms with E-state index in [4.69, 9.17) is 5.26 Å². The van der Waals surface area contributed by atoms with Crippen LogP contribution in [-0.4, -0.2) is 16.8 Å². The van der Waals surface area contributed by atoms with Crippen LogP contribution < -0.4 is 5.32 Å². The van der Waals surface area contributed by atoms with E-state index in [9.17, 15) is 10.2 Å². The lowest BCUT2D eigenvalue weighted by atomic mass is 9.95. The summed E-state index contributed by atoms with van der Waals surface area (Å²) >= 11 is 0. The Morgan fingerprint density at radius 3 is 2.35 bits per heavy atom. The zero-order valence-electron chi connectivity index (χ0n) is 10.4. The van der Waals surface area contributed by atoms with Gasteiger partial charge in [-0.2, -0.15) is 5.26 Å². The molecule has 0 saturated carbocycles. The molecule has 0 aliphatic rings. The molecule has 1 atom stereocenters. The van der Waals surface area contributed by atoms with Crippen LogP contribution in [0.4, 0.5) is 0 Å². The first-order valence-electron chi connectivity index (χ1n) is 5.53. The van der Waals surface area contributed by atoms with Gasteiger partial charge in [-0.1, -0.05) is 6.07 Å². The van der Waals surface area contributed by atoms with Crippen molar-refractivity contribution in [2.45, 2.75) is 26.8 Å². The molecule has 3 N–H and O–H groups in total. The number of nitrogens with one attached hydrogen (secondary N) is 1. The van der Waals surface area contributed by atoms with Crippen LogP contribution >= 0.6 is 0 Å². The zero-order chi connectivity index (χ0) is 13.1. The third kappa shape index (κ3) is 3.36. The lowest BCUT2D eigenvalue weighted by molar-refractivity contribution is 0.387. The zero-order valence-corrected chi connectivity index (χ0v) is 10.4.